The van der Waals surface area contributed by atoms with Crippen LogP contribution in [0.15, 0.2) is 76.5 Å². The van der Waals surface area contributed by atoms with E-state index in [1.807, 2.05) is 47.8 Å². The SMILES string of the molecule is O=C(Nc1ccccc1)c1oc2ccccc2c1NC(=O)C1CC1c1cccs1. The number of amides is 2. The molecule has 2 amide bonds. The van der Waals surface area contributed by atoms with Crippen LogP contribution in [0, 0.1) is 5.92 Å². The van der Waals surface area contributed by atoms with E-state index in [1.54, 1.807) is 29.5 Å². The van der Waals surface area contributed by atoms with E-state index in [0.29, 0.717) is 22.3 Å². The maximum atomic E-state index is 12.9. The van der Waals surface area contributed by atoms with Crippen LogP contribution >= 0.6 is 11.3 Å². The summed E-state index contributed by atoms with van der Waals surface area (Å²) in [6.45, 7) is 0. The molecular formula is C23H18N2O3S. The molecule has 2 aromatic carbocycles. The summed E-state index contributed by atoms with van der Waals surface area (Å²) < 4.78 is 5.81. The van der Waals surface area contributed by atoms with E-state index in [-0.39, 0.29) is 23.5 Å². The number of carbonyl (C=O) groups is 2. The minimum atomic E-state index is -0.395. The number of fused-ring (bicyclic) bond motifs is 1. The molecule has 1 saturated carbocycles. The summed E-state index contributed by atoms with van der Waals surface area (Å²) in [4.78, 5) is 27.0. The number of carbonyl (C=O) groups excluding carboxylic acids is 2. The van der Waals surface area contributed by atoms with Gasteiger partial charge in [0.1, 0.15) is 11.3 Å². The molecule has 0 spiro atoms. The van der Waals surface area contributed by atoms with Gasteiger partial charge in [0.05, 0.1) is 0 Å². The molecule has 4 aromatic rings. The zero-order valence-electron chi connectivity index (χ0n) is 15.4. The van der Waals surface area contributed by atoms with Crippen molar-refractivity contribution in [2.75, 3.05) is 10.6 Å². The fourth-order valence-electron chi connectivity index (χ4n) is 3.56. The molecular weight excluding hydrogens is 384 g/mol. The first-order chi connectivity index (χ1) is 14.2. The highest BCUT2D eigenvalue weighted by molar-refractivity contribution is 7.10. The minimum Gasteiger partial charge on any atom is -0.449 e. The third kappa shape index (κ3) is 3.43. The monoisotopic (exact) mass is 402 g/mol. The van der Waals surface area contributed by atoms with E-state index in [2.05, 4.69) is 16.7 Å². The minimum absolute atomic E-state index is 0.0765. The van der Waals surface area contributed by atoms with Crippen LogP contribution in [0.2, 0.25) is 0 Å². The lowest BCUT2D eigenvalue weighted by Crippen LogP contribution is -2.18. The molecule has 0 bridgehead atoms. The molecule has 2 heterocycles. The van der Waals surface area contributed by atoms with Gasteiger partial charge in [0.15, 0.2) is 0 Å². The molecule has 0 aliphatic heterocycles. The molecule has 1 aliphatic carbocycles. The third-order valence-electron chi connectivity index (χ3n) is 5.12. The van der Waals surface area contributed by atoms with E-state index >= 15 is 0 Å². The molecule has 29 heavy (non-hydrogen) atoms. The maximum absolute atomic E-state index is 12.9. The van der Waals surface area contributed by atoms with Gasteiger partial charge in [0, 0.05) is 27.8 Å². The van der Waals surface area contributed by atoms with Gasteiger partial charge in [0.2, 0.25) is 11.7 Å². The van der Waals surface area contributed by atoms with Crippen molar-refractivity contribution in [3.63, 3.8) is 0 Å². The second kappa shape index (κ2) is 7.22. The predicted octanol–water partition coefficient (Wildman–Crippen LogP) is 5.49. The van der Waals surface area contributed by atoms with Crippen molar-refractivity contribution in [3.8, 4) is 0 Å². The molecule has 1 aliphatic rings. The molecule has 2 N–H and O–H groups in total. The van der Waals surface area contributed by atoms with Crippen LogP contribution in [-0.2, 0) is 4.79 Å². The van der Waals surface area contributed by atoms with Crippen molar-refractivity contribution in [1.29, 1.82) is 0 Å². The molecule has 2 aromatic heterocycles. The van der Waals surface area contributed by atoms with Crippen molar-refractivity contribution in [2.45, 2.75) is 12.3 Å². The van der Waals surface area contributed by atoms with Gasteiger partial charge in [-0.3, -0.25) is 9.59 Å². The summed E-state index contributed by atoms with van der Waals surface area (Å²) in [5.41, 5.74) is 1.65. The number of hydrogen-bond acceptors (Lipinski definition) is 4. The summed E-state index contributed by atoms with van der Waals surface area (Å²) in [5, 5.41) is 8.53. The zero-order chi connectivity index (χ0) is 19.8. The average molecular weight is 402 g/mol. The van der Waals surface area contributed by atoms with Gasteiger partial charge in [-0.25, -0.2) is 0 Å². The lowest BCUT2D eigenvalue weighted by molar-refractivity contribution is -0.117. The predicted molar refractivity (Wildman–Crippen MR) is 114 cm³/mol. The van der Waals surface area contributed by atoms with Gasteiger partial charge in [-0.2, -0.15) is 0 Å². The summed E-state index contributed by atoms with van der Waals surface area (Å²) in [5.74, 6) is -0.184. The number of anilines is 2. The Bertz CT molecular complexity index is 1180. The van der Waals surface area contributed by atoms with Gasteiger partial charge in [-0.1, -0.05) is 36.4 Å². The number of nitrogens with one attached hydrogen (secondary N) is 2. The van der Waals surface area contributed by atoms with Crippen LogP contribution < -0.4 is 10.6 Å². The highest BCUT2D eigenvalue weighted by atomic mass is 32.1. The van der Waals surface area contributed by atoms with Crippen molar-refractivity contribution in [2.24, 2.45) is 5.92 Å². The van der Waals surface area contributed by atoms with Crippen LogP contribution in [0.5, 0.6) is 0 Å². The standard InChI is InChI=1S/C23H18N2O3S/c26-22(17-13-16(17)19-11-6-12-29-19)25-20-15-9-4-5-10-18(15)28-21(20)23(27)24-14-7-2-1-3-8-14/h1-12,16-17H,13H2,(H,24,27)(H,25,26). The smallest absolute Gasteiger partial charge is 0.293 e. The van der Waals surface area contributed by atoms with E-state index < -0.39 is 5.91 Å². The number of hydrogen-bond donors (Lipinski definition) is 2. The molecule has 5 nitrogen and oxygen atoms in total. The normalized spacial score (nSPS) is 17.8. The highest BCUT2D eigenvalue weighted by Crippen LogP contribution is 2.49. The van der Waals surface area contributed by atoms with Gasteiger partial charge in [-0.05, 0) is 42.1 Å². The van der Waals surface area contributed by atoms with Crippen LogP contribution in [0.1, 0.15) is 27.8 Å². The number of rotatable bonds is 5. The van der Waals surface area contributed by atoms with Gasteiger partial charge in [-0.15, -0.1) is 11.3 Å². The van der Waals surface area contributed by atoms with E-state index in [1.165, 1.54) is 4.88 Å². The maximum Gasteiger partial charge on any atom is 0.293 e. The first-order valence-corrected chi connectivity index (χ1v) is 10.3. The second-order valence-corrected chi connectivity index (χ2v) is 8.06. The number of para-hydroxylation sites is 2. The molecule has 1 fully saturated rings. The number of benzene rings is 2. The van der Waals surface area contributed by atoms with Crippen molar-refractivity contribution in [3.05, 3.63) is 82.7 Å². The quantitative estimate of drug-likeness (QED) is 0.464. The van der Waals surface area contributed by atoms with Crippen molar-refractivity contribution in [1.82, 2.24) is 0 Å². The van der Waals surface area contributed by atoms with Crippen LogP contribution in [0.25, 0.3) is 11.0 Å². The summed E-state index contributed by atoms with van der Waals surface area (Å²) in [6.07, 6.45) is 0.827. The summed E-state index contributed by atoms with van der Waals surface area (Å²) in [6, 6.07) is 20.6. The third-order valence-corrected chi connectivity index (χ3v) is 6.12. The Morgan fingerprint density at radius 2 is 1.72 bits per heavy atom. The van der Waals surface area contributed by atoms with E-state index in [9.17, 15) is 9.59 Å². The molecule has 2 unspecified atom stereocenters. The Morgan fingerprint density at radius 1 is 0.931 bits per heavy atom. The van der Waals surface area contributed by atoms with Crippen molar-refractivity contribution >= 4 is 45.5 Å². The van der Waals surface area contributed by atoms with Gasteiger partial charge < -0.3 is 15.1 Å². The molecule has 5 rings (SSSR count). The molecule has 6 heteroatoms. The zero-order valence-corrected chi connectivity index (χ0v) is 16.2. The first kappa shape index (κ1) is 17.7. The largest absolute Gasteiger partial charge is 0.449 e. The van der Waals surface area contributed by atoms with E-state index in [0.717, 1.165) is 6.42 Å². The van der Waals surface area contributed by atoms with Crippen LogP contribution in [0.3, 0.4) is 0 Å². The second-order valence-electron chi connectivity index (χ2n) is 7.08. The van der Waals surface area contributed by atoms with Crippen LogP contribution in [-0.4, -0.2) is 11.8 Å². The summed E-state index contributed by atoms with van der Waals surface area (Å²) >= 11 is 1.67. The summed E-state index contributed by atoms with van der Waals surface area (Å²) in [7, 11) is 0. The number of thiophene rings is 1. The topological polar surface area (TPSA) is 71.3 Å². The molecule has 2 atom stereocenters. The lowest BCUT2D eigenvalue weighted by Gasteiger charge is -2.07. The fourth-order valence-corrected chi connectivity index (χ4v) is 4.46. The number of furan rings is 1. The Morgan fingerprint density at radius 3 is 2.52 bits per heavy atom. The first-order valence-electron chi connectivity index (χ1n) is 9.43. The Labute approximate surface area is 171 Å². The Kier molecular flexibility index (Phi) is 4.41. The average Bonchev–Trinajstić information content (AvgIpc) is 3.19. The Balaban J connectivity index is 1.42. The fraction of sp³-hybridized carbons (Fsp3) is 0.130. The van der Waals surface area contributed by atoms with Crippen molar-refractivity contribution < 1.29 is 14.0 Å². The van der Waals surface area contributed by atoms with Gasteiger partial charge in [0.25, 0.3) is 5.91 Å². The van der Waals surface area contributed by atoms with Gasteiger partial charge >= 0.3 is 0 Å². The van der Waals surface area contributed by atoms with Crippen LogP contribution in [0.4, 0.5) is 11.4 Å². The lowest BCUT2D eigenvalue weighted by atomic mass is 10.2. The molecule has 144 valence electrons. The molecule has 0 saturated heterocycles. The molecule has 0 radical (unpaired) electrons. The van der Waals surface area contributed by atoms with E-state index in [4.69, 9.17) is 4.42 Å². The highest BCUT2D eigenvalue weighted by Gasteiger charge is 2.45. The Hall–Kier alpha value is -3.38.